The van der Waals surface area contributed by atoms with Crippen LogP contribution in [-0.4, -0.2) is 16.4 Å². The first-order valence-corrected chi connectivity index (χ1v) is 6.38. The minimum absolute atomic E-state index is 0.599. The van der Waals surface area contributed by atoms with Gasteiger partial charge >= 0.3 is 5.97 Å². The molecule has 0 heterocycles. The standard InChI is InChI=1S/C13H13BrO2/c14-8-2-4-10-3-1-5-11(9-10)13(6-7-13)12(15)16/h1-5,9H,6-8H2,(H,15,16). The fraction of sp³-hybridized carbons (Fsp3) is 0.308. The average molecular weight is 281 g/mol. The lowest BCUT2D eigenvalue weighted by Crippen LogP contribution is -2.19. The van der Waals surface area contributed by atoms with Gasteiger partial charge in [0.15, 0.2) is 0 Å². The van der Waals surface area contributed by atoms with E-state index in [-0.39, 0.29) is 0 Å². The van der Waals surface area contributed by atoms with Crippen molar-refractivity contribution in [2.75, 3.05) is 5.33 Å². The largest absolute Gasteiger partial charge is 0.481 e. The first-order chi connectivity index (χ1) is 7.69. The van der Waals surface area contributed by atoms with Crippen LogP contribution in [0.2, 0.25) is 0 Å². The Morgan fingerprint density at radius 1 is 1.50 bits per heavy atom. The zero-order valence-corrected chi connectivity index (χ0v) is 10.4. The number of hydrogen-bond acceptors (Lipinski definition) is 1. The molecule has 1 aromatic carbocycles. The first-order valence-electron chi connectivity index (χ1n) is 5.25. The summed E-state index contributed by atoms with van der Waals surface area (Å²) in [5.41, 5.74) is 1.39. The number of aliphatic carboxylic acids is 1. The highest BCUT2D eigenvalue weighted by Crippen LogP contribution is 2.48. The Kier molecular flexibility index (Phi) is 3.15. The van der Waals surface area contributed by atoms with Gasteiger partial charge in [0.1, 0.15) is 0 Å². The topological polar surface area (TPSA) is 37.3 Å². The lowest BCUT2D eigenvalue weighted by molar-refractivity contribution is -0.140. The number of benzene rings is 1. The molecule has 0 aromatic heterocycles. The Balaban J connectivity index is 2.29. The molecule has 0 aliphatic heterocycles. The molecule has 0 atom stereocenters. The van der Waals surface area contributed by atoms with Gasteiger partial charge in [0.2, 0.25) is 0 Å². The van der Waals surface area contributed by atoms with Crippen LogP contribution in [0.5, 0.6) is 0 Å². The second-order valence-electron chi connectivity index (χ2n) is 4.07. The van der Waals surface area contributed by atoms with Gasteiger partial charge in [-0.25, -0.2) is 0 Å². The van der Waals surface area contributed by atoms with Gasteiger partial charge in [-0.15, -0.1) is 0 Å². The molecule has 1 N–H and O–H groups in total. The highest BCUT2D eigenvalue weighted by molar-refractivity contribution is 9.09. The van der Waals surface area contributed by atoms with Gasteiger partial charge in [-0.05, 0) is 24.0 Å². The normalized spacial score (nSPS) is 17.6. The lowest BCUT2D eigenvalue weighted by Gasteiger charge is -2.10. The highest BCUT2D eigenvalue weighted by atomic mass is 79.9. The number of alkyl halides is 1. The van der Waals surface area contributed by atoms with Gasteiger partial charge in [0, 0.05) is 5.33 Å². The van der Waals surface area contributed by atoms with Crippen molar-refractivity contribution in [2.24, 2.45) is 0 Å². The minimum Gasteiger partial charge on any atom is -0.481 e. The molecule has 0 unspecified atom stereocenters. The monoisotopic (exact) mass is 280 g/mol. The number of halogens is 1. The van der Waals surface area contributed by atoms with Crippen molar-refractivity contribution in [3.63, 3.8) is 0 Å². The smallest absolute Gasteiger partial charge is 0.314 e. The van der Waals surface area contributed by atoms with Crippen LogP contribution in [0, 0.1) is 0 Å². The third-order valence-electron chi connectivity index (χ3n) is 3.00. The van der Waals surface area contributed by atoms with Gasteiger partial charge in [-0.3, -0.25) is 4.79 Å². The van der Waals surface area contributed by atoms with Crippen molar-refractivity contribution in [3.8, 4) is 0 Å². The van der Waals surface area contributed by atoms with E-state index >= 15 is 0 Å². The maximum atomic E-state index is 11.2. The summed E-state index contributed by atoms with van der Waals surface area (Å²) >= 11 is 3.32. The third kappa shape index (κ3) is 2.05. The minimum atomic E-state index is -0.700. The second kappa shape index (κ2) is 4.42. The molecule has 1 saturated carbocycles. The fourth-order valence-electron chi connectivity index (χ4n) is 1.87. The van der Waals surface area contributed by atoms with Crippen LogP contribution in [0.25, 0.3) is 6.08 Å². The fourth-order valence-corrected chi connectivity index (χ4v) is 2.06. The quantitative estimate of drug-likeness (QED) is 0.860. The molecule has 1 fully saturated rings. The van der Waals surface area contributed by atoms with Crippen molar-refractivity contribution < 1.29 is 9.90 Å². The Morgan fingerprint density at radius 3 is 2.81 bits per heavy atom. The maximum Gasteiger partial charge on any atom is 0.314 e. The second-order valence-corrected chi connectivity index (χ2v) is 4.72. The number of hydrogen-bond donors (Lipinski definition) is 1. The van der Waals surface area contributed by atoms with E-state index in [2.05, 4.69) is 15.9 Å². The van der Waals surface area contributed by atoms with E-state index in [9.17, 15) is 9.90 Å². The third-order valence-corrected chi connectivity index (χ3v) is 3.37. The molecule has 3 heteroatoms. The zero-order chi connectivity index (χ0) is 11.6. The predicted molar refractivity (Wildman–Crippen MR) is 67.8 cm³/mol. The van der Waals surface area contributed by atoms with Crippen molar-refractivity contribution >= 4 is 28.0 Å². The molecule has 1 aromatic rings. The van der Waals surface area contributed by atoms with E-state index in [4.69, 9.17) is 0 Å². The van der Waals surface area contributed by atoms with E-state index in [1.807, 2.05) is 36.4 Å². The number of carboxylic acids is 1. The van der Waals surface area contributed by atoms with Crippen molar-refractivity contribution in [2.45, 2.75) is 18.3 Å². The van der Waals surface area contributed by atoms with Crippen LogP contribution >= 0.6 is 15.9 Å². The number of carboxylic acid groups (broad SMARTS) is 1. The maximum absolute atomic E-state index is 11.2. The molecule has 2 rings (SSSR count). The van der Waals surface area contributed by atoms with E-state index in [0.29, 0.717) is 0 Å². The lowest BCUT2D eigenvalue weighted by atomic mass is 9.94. The zero-order valence-electron chi connectivity index (χ0n) is 8.82. The molecule has 2 nitrogen and oxygen atoms in total. The van der Waals surface area contributed by atoms with Crippen LogP contribution in [0.15, 0.2) is 30.3 Å². The predicted octanol–water partition coefficient (Wildman–Crippen LogP) is 3.21. The molecule has 0 bridgehead atoms. The summed E-state index contributed by atoms with van der Waals surface area (Å²) in [6, 6.07) is 7.79. The Labute approximate surface area is 103 Å². The molecule has 1 aliphatic carbocycles. The van der Waals surface area contributed by atoms with Crippen molar-refractivity contribution in [1.82, 2.24) is 0 Å². The summed E-state index contributed by atoms with van der Waals surface area (Å²) in [5, 5.41) is 10.0. The number of rotatable bonds is 4. The van der Waals surface area contributed by atoms with Gasteiger partial charge in [-0.2, -0.15) is 0 Å². The summed E-state index contributed by atoms with van der Waals surface area (Å²) < 4.78 is 0. The van der Waals surface area contributed by atoms with Crippen LogP contribution in [0.4, 0.5) is 0 Å². The summed E-state index contributed by atoms with van der Waals surface area (Å²) in [5.74, 6) is -0.700. The molecule has 0 saturated heterocycles. The van der Waals surface area contributed by atoms with Gasteiger partial charge in [0.05, 0.1) is 5.41 Å². The van der Waals surface area contributed by atoms with Crippen LogP contribution in [0.1, 0.15) is 24.0 Å². The summed E-state index contributed by atoms with van der Waals surface area (Å²) in [7, 11) is 0. The molecule has 16 heavy (non-hydrogen) atoms. The molecule has 0 spiro atoms. The average Bonchev–Trinajstić information content (AvgIpc) is 3.08. The Morgan fingerprint density at radius 2 is 2.25 bits per heavy atom. The van der Waals surface area contributed by atoms with E-state index in [1.165, 1.54) is 0 Å². The van der Waals surface area contributed by atoms with Crippen LogP contribution in [-0.2, 0) is 10.2 Å². The number of allylic oxidation sites excluding steroid dienone is 1. The van der Waals surface area contributed by atoms with Gasteiger partial charge in [0.25, 0.3) is 0 Å². The SMILES string of the molecule is O=C(O)C1(c2cccc(C=CCBr)c2)CC1. The van der Waals surface area contributed by atoms with Crippen molar-refractivity contribution in [3.05, 3.63) is 41.5 Å². The molecule has 84 valence electrons. The molecular formula is C13H13BrO2. The van der Waals surface area contributed by atoms with E-state index < -0.39 is 11.4 Å². The highest BCUT2D eigenvalue weighted by Gasteiger charge is 2.51. The molecule has 1 aliphatic rings. The van der Waals surface area contributed by atoms with Gasteiger partial charge in [-0.1, -0.05) is 52.3 Å². The Hall–Kier alpha value is -1.09. The summed E-state index contributed by atoms with van der Waals surface area (Å²) in [4.78, 5) is 11.2. The van der Waals surface area contributed by atoms with E-state index in [1.54, 1.807) is 0 Å². The van der Waals surface area contributed by atoms with Crippen LogP contribution < -0.4 is 0 Å². The van der Waals surface area contributed by atoms with E-state index in [0.717, 1.165) is 29.3 Å². The van der Waals surface area contributed by atoms with Gasteiger partial charge < -0.3 is 5.11 Å². The molecular weight excluding hydrogens is 268 g/mol. The van der Waals surface area contributed by atoms with Crippen molar-refractivity contribution in [1.29, 1.82) is 0 Å². The summed E-state index contributed by atoms with van der Waals surface area (Å²) in [6.07, 6.45) is 5.51. The first kappa shape index (κ1) is 11.4. The van der Waals surface area contributed by atoms with Crippen LogP contribution in [0.3, 0.4) is 0 Å². The summed E-state index contributed by atoms with van der Waals surface area (Å²) in [6.45, 7) is 0. The number of carbonyl (C=O) groups is 1. The molecule has 0 amide bonds. The molecule has 0 radical (unpaired) electrons. The Bertz CT molecular complexity index is 433.